The second-order valence-corrected chi connectivity index (χ2v) is 9.36. The van der Waals surface area contributed by atoms with Crippen molar-refractivity contribution in [1.82, 2.24) is 15.3 Å². The highest BCUT2D eigenvalue weighted by Crippen LogP contribution is 2.18. The first kappa shape index (κ1) is 26.2. The van der Waals surface area contributed by atoms with Crippen LogP contribution in [-0.2, 0) is 29.1 Å². The lowest BCUT2D eigenvalue weighted by atomic mass is 10.0. The summed E-state index contributed by atoms with van der Waals surface area (Å²) in [6.07, 6.45) is 1.34. The fraction of sp³-hybridized carbons (Fsp3) is 0.333. The standard InChI is InChI=1S/C30H35N3O4/c1-24-11-8-9-16-27(24)18-20-32-19-10-17-28(21-32)33(30(35)37-23-26-14-6-3-7-15-26)31-29(34)36-22-25-12-4-2-5-13-25/h2-9,11-16,28H,10,17-23H2,1H3,(H,31,34). The fourth-order valence-electron chi connectivity index (χ4n) is 4.54. The van der Waals surface area contributed by atoms with E-state index in [9.17, 15) is 9.59 Å². The van der Waals surface area contributed by atoms with Gasteiger partial charge in [0.25, 0.3) is 0 Å². The number of piperidine rings is 1. The first-order chi connectivity index (χ1) is 18.1. The normalized spacial score (nSPS) is 15.5. The molecule has 1 atom stereocenters. The SMILES string of the molecule is Cc1ccccc1CCN1CCCC(N(NC(=O)OCc2ccccc2)C(=O)OCc2ccccc2)C1. The zero-order chi connectivity index (χ0) is 25.9. The number of nitrogens with zero attached hydrogens (tertiary/aromatic N) is 2. The van der Waals surface area contributed by atoms with E-state index in [0.29, 0.717) is 6.54 Å². The van der Waals surface area contributed by atoms with Crippen molar-refractivity contribution in [1.29, 1.82) is 0 Å². The molecule has 0 aliphatic carbocycles. The van der Waals surface area contributed by atoms with E-state index in [4.69, 9.17) is 9.47 Å². The van der Waals surface area contributed by atoms with E-state index in [2.05, 4.69) is 41.5 Å². The molecule has 1 saturated heterocycles. The van der Waals surface area contributed by atoms with Crippen molar-refractivity contribution >= 4 is 12.2 Å². The predicted octanol–water partition coefficient (Wildman–Crippen LogP) is 5.48. The Labute approximate surface area is 219 Å². The molecule has 7 heteroatoms. The molecule has 1 aliphatic heterocycles. The monoisotopic (exact) mass is 501 g/mol. The Balaban J connectivity index is 1.39. The number of hydrazine groups is 1. The van der Waals surface area contributed by atoms with E-state index in [-0.39, 0.29) is 19.3 Å². The van der Waals surface area contributed by atoms with Gasteiger partial charge < -0.3 is 14.4 Å². The third kappa shape index (κ3) is 8.08. The van der Waals surface area contributed by atoms with Crippen LogP contribution in [0.15, 0.2) is 84.9 Å². The third-order valence-electron chi connectivity index (χ3n) is 6.63. The number of hydrogen-bond donors (Lipinski definition) is 1. The topological polar surface area (TPSA) is 71.1 Å². The van der Waals surface area contributed by atoms with Gasteiger partial charge in [0.2, 0.25) is 0 Å². The molecule has 1 unspecified atom stereocenters. The summed E-state index contributed by atoms with van der Waals surface area (Å²) in [4.78, 5) is 28.2. The van der Waals surface area contributed by atoms with Crippen LogP contribution in [0.25, 0.3) is 0 Å². The molecule has 7 nitrogen and oxygen atoms in total. The molecule has 1 heterocycles. The maximum atomic E-state index is 13.2. The van der Waals surface area contributed by atoms with Crippen LogP contribution in [0.1, 0.15) is 35.1 Å². The molecule has 2 amide bonds. The number of hydrogen-bond acceptors (Lipinski definition) is 5. The highest BCUT2D eigenvalue weighted by Gasteiger charge is 2.31. The van der Waals surface area contributed by atoms with E-state index in [1.807, 2.05) is 60.7 Å². The maximum Gasteiger partial charge on any atom is 0.429 e. The molecule has 0 bridgehead atoms. The van der Waals surface area contributed by atoms with Gasteiger partial charge in [0.15, 0.2) is 0 Å². The number of aryl methyl sites for hydroxylation is 1. The lowest BCUT2D eigenvalue weighted by Crippen LogP contribution is -2.57. The minimum atomic E-state index is -0.683. The number of carbonyl (C=O) groups is 2. The molecule has 3 aromatic carbocycles. The van der Waals surface area contributed by atoms with Gasteiger partial charge in [-0.3, -0.25) is 0 Å². The summed E-state index contributed by atoms with van der Waals surface area (Å²) in [6, 6.07) is 27.1. The molecule has 194 valence electrons. The van der Waals surface area contributed by atoms with Crippen LogP contribution in [0.5, 0.6) is 0 Å². The molecule has 0 aromatic heterocycles. The summed E-state index contributed by atoms with van der Waals surface area (Å²) in [5.41, 5.74) is 7.03. The summed E-state index contributed by atoms with van der Waals surface area (Å²) >= 11 is 0. The van der Waals surface area contributed by atoms with Crippen molar-refractivity contribution in [2.24, 2.45) is 0 Å². The van der Waals surface area contributed by atoms with Crippen LogP contribution < -0.4 is 5.43 Å². The van der Waals surface area contributed by atoms with Crippen molar-refractivity contribution in [3.8, 4) is 0 Å². The number of likely N-dealkylation sites (tertiary alicyclic amines) is 1. The van der Waals surface area contributed by atoms with Crippen LogP contribution in [0, 0.1) is 6.92 Å². The predicted molar refractivity (Wildman–Crippen MR) is 143 cm³/mol. The summed E-state index contributed by atoms with van der Waals surface area (Å²) < 4.78 is 11.0. The summed E-state index contributed by atoms with van der Waals surface area (Å²) in [6.45, 7) is 4.85. The second kappa shape index (κ2) is 13.5. The molecule has 0 radical (unpaired) electrons. The average molecular weight is 502 g/mol. The number of ether oxygens (including phenoxy) is 2. The summed E-state index contributed by atoms with van der Waals surface area (Å²) in [5, 5.41) is 1.32. The molecule has 0 spiro atoms. The van der Waals surface area contributed by atoms with E-state index >= 15 is 0 Å². The summed E-state index contributed by atoms with van der Waals surface area (Å²) in [7, 11) is 0. The van der Waals surface area contributed by atoms with Gasteiger partial charge in [-0.2, -0.15) is 0 Å². The van der Waals surface area contributed by atoms with Crippen molar-refractivity contribution < 1.29 is 19.1 Å². The Bertz CT molecular complexity index is 1140. The number of nitrogens with one attached hydrogen (secondary N) is 1. The first-order valence-electron chi connectivity index (χ1n) is 12.8. The smallest absolute Gasteiger partial charge is 0.429 e. The van der Waals surface area contributed by atoms with Crippen LogP contribution in [0.3, 0.4) is 0 Å². The Morgan fingerprint density at radius 1 is 0.892 bits per heavy atom. The fourth-order valence-corrected chi connectivity index (χ4v) is 4.54. The molecular formula is C30H35N3O4. The van der Waals surface area contributed by atoms with Crippen LogP contribution >= 0.6 is 0 Å². The van der Waals surface area contributed by atoms with Gasteiger partial charge in [-0.1, -0.05) is 84.9 Å². The summed E-state index contributed by atoms with van der Waals surface area (Å²) in [5.74, 6) is 0. The number of benzene rings is 3. The van der Waals surface area contributed by atoms with Crippen LogP contribution in [-0.4, -0.2) is 47.8 Å². The number of amides is 2. The molecule has 0 saturated carbocycles. The Morgan fingerprint density at radius 2 is 1.51 bits per heavy atom. The van der Waals surface area contributed by atoms with Crippen molar-refractivity contribution in [3.63, 3.8) is 0 Å². The molecular weight excluding hydrogens is 466 g/mol. The average Bonchev–Trinajstić information content (AvgIpc) is 2.94. The Morgan fingerprint density at radius 3 is 2.19 bits per heavy atom. The maximum absolute atomic E-state index is 13.2. The number of rotatable bonds is 8. The van der Waals surface area contributed by atoms with Gasteiger partial charge in [0.1, 0.15) is 13.2 Å². The largest absolute Gasteiger partial charge is 0.443 e. The Kier molecular flexibility index (Phi) is 9.54. The molecule has 37 heavy (non-hydrogen) atoms. The van der Waals surface area contributed by atoms with Gasteiger partial charge in [0, 0.05) is 13.1 Å². The molecule has 1 fully saturated rings. The van der Waals surface area contributed by atoms with Gasteiger partial charge >= 0.3 is 12.2 Å². The van der Waals surface area contributed by atoms with Gasteiger partial charge in [0.05, 0.1) is 6.04 Å². The Hall–Kier alpha value is -3.84. The molecule has 3 aromatic rings. The highest BCUT2D eigenvalue weighted by molar-refractivity contribution is 5.74. The van der Waals surface area contributed by atoms with E-state index in [0.717, 1.165) is 43.5 Å². The lowest BCUT2D eigenvalue weighted by molar-refractivity contribution is 0.0258. The zero-order valence-electron chi connectivity index (χ0n) is 21.3. The van der Waals surface area contributed by atoms with Crippen LogP contribution in [0.2, 0.25) is 0 Å². The third-order valence-corrected chi connectivity index (χ3v) is 6.63. The zero-order valence-corrected chi connectivity index (χ0v) is 21.3. The first-order valence-corrected chi connectivity index (χ1v) is 12.8. The van der Waals surface area contributed by atoms with Crippen LogP contribution in [0.4, 0.5) is 9.59 Å². The molecule has 4 rings (SSSR count). The van der Waals surface area contributed by atoms with Gasteiger partial charge in [-0.25, -0.2) is 20.0 Å². The quantitative estimate of drug-likeness (QED) is 0.414. The minimum Gasteiger partial charge on any atom is -0.443 e. The van der Waals surface area contributed by atoms with Crippen molar-refractivity contribution in [3.05, 3.63) is 107 Å². The van der Waals surface area contributed by atoms with Gasteiger partial charge in [-0.15, -0.1) is 0 Å². The second-order valence-electron chi connectivity index (χ2n) is 9.36. The number of carbonyl (C=O) groups excluding carboxylic acids is 2. The molecule has 1 aliphatic rings. The van der Waals surface area contributed by atoms with Crippen molar-refractivity contribution in [2.75, 3.05) is 19.6 Å². The minimum absolute atomic E-state index is 0.118. The van der Waals surface area contributed by atoms with Gasteiger partial charge in [-0.05, 0) is 55.0 Å². The highest BCUT2D eigenvalue weighted by atomic mass is 16.6. The molecule has 1 N–H and O–H groups in total. The lowest BCUT2D eigenvalue weighted by Gasteiger charge is -2.38. The van der Waals surface area contributed by atoms with E-state index in [1.165, 1.54) is 16.1 Å². The van der Waals surface area contributed by atoms with Crippen molar-refractivity contribution in [2.45, 2.75) is 45.4 Å². The van der Waals surface area contributed by atoms with E-state index < -0.39 is 12.2 Å². The van der Waals surface area contributed by atoms with E-state index in [1.54, 1.807) is 0 Å².